The number of carboxylic acid groups (broad SMARTS) is 1. The minimum atomic E-state index is -1.22. The van der Waals surface area contributed by atoms with Gasteiger partial charge >= 0.3 is 6.16 Å². The minimum Gasteiger partial charge on any atom is -0.450 e. The SMILES string of the molecule is CC1(C)CC1(CCc1nc(-c2ccc(CN3CC(OC(=O)O)C3)cc2)no1)c1ccc(F)cc1. The third kappa shape index (κ3) is 4.42. The van der Waals surface area contributed by atoms with E-state index < -0.39 is 6.16 Å². The molecule has 2 heterocycles. The summed E-state index contributed by atoms with van der Waals surface area (Å²) in [6, 6.07) is 14.8. The first-order chi connectivity index (χ1) is 16.2. The number of hydrogen-bond donors (Lipinski definition) is 1. The second kappa shape index (κ2) is 8.51. The van der Waals surface area contributed by atoms with E-state index in [2.05, 4.69) is 28.9 Å². The molecule has 8 heteroatoms. The first-order valence-electron chi connectivity index (χ1n) is 11.5. The van der Waals surface area contributed by atoms with Gasteiger partial charge in [-0.05, 0) is 41.5 Å². The Balaban J connectivity index is 1.18. The summed E-state index contributed by atoms with van der Waals surface area (Å²) < 4.78 is 23.7. The molecule has 1 aliphatic carbocycles. The number of rotatable bonds is 8. The Morgan fingerprint density at radius 3 is 2.47 bits per heavy atom. The zero-order valence-electron chi connectivity index (χ0n) is 19.3. The van der Waals surface area contributed by atoms with E-state index in [4.69, 9.17) is 14.4 Å². The fraction of sp³-hybridized carbons (Fsp3) is 0.423. The highest BCUT2D eigenvalue weighted by atomic mass is 19.1. The lowest BCUT2D eigenvalue weighted by Gasteiger charge is -2.37. The van der Waals surface area contributed by atoms with Gasteiger partial charge in [0.1, 0.15) is 11.9 Å². The lowest BCUT2D eigenvalue weighted by atomic mass is 9.84. The molecule has 0 amide bonds. The van der Waals surface area contributed by atoms with Crippen LogP contribution in [-0.4, -0.2) is 45.5 Å². The third-order valence-electron chi connectivity index (χ3n) is 7.35. The molecule has 1 aromatic heterocycles. The van der Waals surface area contributed by atoms with E-state index in [0.717, 1.165) is 36.1 Å². The van der Waals surface area contributed by atoms with Crippen molar-refractivity contribution >= 4 is 6.16 Å². The Bertz CT molecular complexity index is 1170. The summed E-state index contributed by atoms with van der Waals surface area (Å²) in [6.07, 6.45) is 1.13. The van der Waals surface area contributed by atoms with Crippen LogP contribution in [0.15, 0.2) is 53.1 Å². The van der Waals surface area contributed by atoms with Crippen LogP contribution in [0.2, 0.25) is 0 Å². The first-order valence-corrected chi connectivity index (χ1v) is 11.5. The van der Waals surface area contributed by atoms with Crippen LogP contribution in [0.1, 0.15) is 43.7 Å². The van der Waals surface area contributed by atoms with Crippen LogP contribution < -0.4 is 0 Å². The van der Waals surface area contributed by atoms with Gasteiger partial charge in [0.15, 0.2) is 0 Å². The number of halogens is 1. The maximum Gasteiger partial charge on any atom is 0.506 e. The van der Waals surface area contributed by atoms with Crippen LogP contribution in [0.3, 0.4) is 0 Å². The second-order valence-electron chi connectivity index (χ2n) is 10.1. The van der Waals surface area contributed by atoms with Crippen LogP contribution in [0.25, 0.3) is 11.4 Å². The Morgan fingerprint density at radius 2 is 1.85 bits per heavy atom. The van der Waals surface area contributed by atoms with Crippen LogP contribution in [0.4, 0.5) is 9.18 Å². The molecule has 1 aliphatic heterocycles. The van der Waals surface area contributed by atoms with Crippen molar-refractivity contribution in [2.45, 2.75) is 51.2 Å². The van der Waals surface area contributed by atoms with Crippen molar-refractivity contribution in [2.24, 2.45) is 5.41 Å². The number of aromatic nitrogens is 2. The minimum absolute atomic E-state index is 0.00233. The van der Waals surface area contributed by atoms with Gasteiger partial charge in [-0.1, -0.05) is 55.4 Å². The fourth-order valence-corrected chi connectivity index (χ4v) is 5.22. The van der Waals surface area contributed by atoms with Gasteiger partial charge in [-0.25, -0.2) is 9.18 Å². The Kier molecular flexibility index (Phi) is 5.64. The molecule has 1 saturated heterocycles. The van der Waals surface area contributed by atoms with Gasteiger partial charge in [0, 0.05) is 37.0 Å². The fourth-order valence-electron chi connectivity index (χ4n) is 5.22. The van der Waals surface area contributed by atoms with E-state index in [-0.39, 0.29) is 22.8 Å². The number of likely N-dealkylation sites (tertiary alicyclic amines) is 1. The van der Waals surface area contributed by atoms with E-state index >= 15 is 0 Å². The summed E-state index contributed by atoms with van der Waals surface area (Å²) in [5.74, 6) is 0.950. The molecule has 1 N–H and O–H groups in total. The molecule has 34 heavy (non-hydrogen) atoms. The van der Waals surface area contributed by atoms with Gasteiger partial charge in [0.25, 0.3) is 0 Å². The maximum atomic E-state index is 13.4. The van der Waals surface area contributed by atoms with Crippen molar-refractivity contribution in [2.75, 3.05) is 13.1 Å². The first kappa shape index (κ1) is 22.5. The molecule has 2 aliphatic rings. The molecule has 1 saturated carbocycles. The van der Waals surface area contributed by atoms with E-state index in [1.165, 1.54) is 12.1 Å². The monoisotopic (exact) mass is 465 g/mol. The molecular weight excluding hydrogens is 437 g/mol. The summed E-state index contributed by atoms with van der Waals surface area (Å²) in [6.45, 7) is 6.45. The lowest BCUT2D eigenvalue weighted by molar-refractivity contribution is -0.0363. The highest BCUT2D eigenvalue weighted by molar-refractivity contribution is 5.57. The summed E-state index contributed by atoms with van der Waals surface area (Å²) >= 11 is 0. The molecule has 0 bridgehead atoms. The van der Waals surface area contributed by atoms with E-state index in [9.17, 15) is 9.18 Å². The topological polar surface area (TPSA) is 88.7 Å². The zero-order chi connectivity index (χ0) is 23.9. The van der Waals surface area contributed by atoms with Gasteiger partial charge in [0.05, 0.1) is 0 Å². The quantitative estimate of drug-likeness (QED) is 0.466. The van der Waals surface area contributed by atoms with Crippen molar-refractivity contribution in [1.29, 1.82) is 0 Å². The largest absolute Gasteiger partial charge is 0.506 e. The molecule has 5 rings (SSSR count). The summed E-state index contributed by atoms with van der Waals surface area (Å²) in [5, 5.41) is 12.8. The maximum absolute atomic E-state index is 13.4. The van der Waals surface area contributed by atoms with Gasteiger partial charge in [-0.3, -0.25) is 4.90 Å². The standard InChI is InChI=1S/C26H28FN3O4/c1-25(2)16-26(25,19-7-9-20(27)10-8-19)12-11-22-28-23(29-34-22)18-5-3-17(4-6-18)13-30-14-21(15-30)33-24(31)32/h3-10,21H,11-16H2,1-2H3,(H,31,32). The number of ether oxygens (including phenoxy) is 1. The van der Waals surface area contributed by atoms with Gasteiger partial charge < -0.3 is 14.4 Å². The number of hydrogen-bond acceptors (Lipinski definition) is 6. The predicted molar refractivity (Wildman–Crippen MR) is 123 cm³/mol. The summed E-state index contributed by atoms with van der Waals surface area (Å²) in [5.41, 5.74) is 3.33. The highest BCUT2D eigenvalue weighted by Crippen LogP contribution is 2.66. The third-order valence-corrected chi connectivity index (χ3v) is 7.35. The number of nitrogens with zero attached hydrogens (tertiary/aromatic N) is 3. The lowest BCUT2D eigenvalue weighted by Crippen LogP contribution is -2.52. The molecule has 178 valence electrons. The molecule has 2 aromatic carbocycles. The van der Waals surface area contributed by atoms with Crippen LogP contribution >= 0.6 is 0 Å². The number of benzene rings is 2. The Labute approximate surface area is 197 Å². The smallest absolute Gasteiger partial charge is 0.450 e. The molecule has 2 fully saturated rings. The van der Waals surface area contributed by atoms with E-state index in [1.807, 2.05) is 36.4 Å². The normalized spacial score (nSPS) is 21.7. The molecule has 3 aromatic rings. The molecular formula is C26H28FN3O4. The van der Waals surface area contributed by atoms with Gasteiger partial charge in [-0.15, -0.1) is 0 Å². The molecule has 1 atom stereocenters. The Morgan fingerprint density at radius 1 is 1.18 bits per heavy atom. The molecule has 7 nitrogen and oxygen atoms in total. The van der Waals surface area contributed by atoms with Crippen molar-refractivity contribution in [1.82, 2.24) is 15.0 Å². The predicted octanol–water partition coefficient (Wildman–Crippen LogP) is 5.06. The molecule has 0 radical (unpaired) electrons. The summed E-state index contributed by atoms with van der Waals surface area (Å²) in [4.78, 5) is 17.3. The van der Waals surface area contributed by atoms with Crippen LogP contribution in [-0.2, 0) is 23.1 Å². The van der Waals surface area contributed by atoms with Crippen molar-refractivity contribution in [3.05, 3.63) is 71.4 Å². The summed E-state index contributed by atoms with van der Waals surface area (Å²) in [7, 11) is 0. The highest BCUT2D eigenvalue weighted by Gasteiger charge is 2.61. The Hall–Kier alpha value is -3.26. The van der Waals surface area contributed by atoms with Gasteiger partial charge in [0.2, 0.25) is 11.7 Å². The molecule has 1 unspecified atom stereocenters. The number of carbonyl (C=O) groups is 1. The zero-order valence-corrected chi connectivity index (χ0v) is 19.3. The van der Waals surface area contributed by atoms with Crippen molar-refractivity contribution in [3.8, 4) is 11.4 Å². The van der Waals surface area contributed by atoms with Crippen molar-refractivity contribution in [3.63, 3.8) is 0 Å². The van der Waals surface area contributed by atoms with Crippen molar-refractivity contribution < 1.29 is 23.6 Å². The number of aryl methyl sites for hydroxylation is 1. The van der Waals surface area contributed by atoms with E-state index in [1.54, 1.807) is 0 Å². The average molecular weight is 466 g/mol. The van der Waals surface area contributed by atoms with Crippen LogP contribution in [0.5, 0.6) is 0 Å². The second-order valence-corrected chi connectivity index (χ2v) is 10.1. The van der Waals surface area contributed by atoms with Crippen LogP contribution in [0, 0.1) is 11.2 Å². The molecule has 0 spiro atoms. The van der Waals surface area contributed by atoms with Gasteiger partial charge in [-0.2, -0.15) is 4.98 Å². The average Bonchev–Trinajstić information content (AvgIpc) is 3.10. The van der Waals surface area contributed by atoms with E-state index in [0.29, 0.717) is 31.2 Å².